The van der Waals surface area contributed by atoms with Gasteiger partial charge in [0.1, 0.15) is 5.78 Å². The monoisotopic (exact) mass is 274 g/mol. The van der Waals surface area contributed by atoms with Gasteiger partial charge in [0.15, 0.2) is 0 Å². The van der Waals surface area contributed by atoms with Crippen LogP contribution < -0.4 is 0 Å². The Morgan fingerprint density at radius 1 is 0.619 bits per heavy atom. The molecule has 1 saturated carbocycles. The zero-order valence-electron chi connectivity index (χ0n) is 12.0. The van der Waals surface area contributed by atoms with Crippen molar-refractivity contribution < 1.29 is 4.79 Å². The molecular formula is C20H18O. The van der Waals surface area contributed by atoms with E-state index in [4.69, 9.17) is 0 Å². The van der Waals surface area contributed by atoms with Crippen molar-refractivity contribution in [3.05, 3.63) is 82.9 Å². The molecule has 1 aliphatic rings. The van der Waals surface area contributed by atoms with E-state index in [0.717, 1.165) is 6.42 Å². The van der Waals surface area contributed by atoms with E-state index in [9.17, 15) is 4.79 Å². The van der Waals surface area contributed by atoms with Gasteiger partial charge in [-0.15, -0.1) is 0 Å². The standard InChI is InChI=1S/C20H18O/c21-20-14-18(11-16-7-3-1-4-8-16)13-19(15-20)12-17-9-5-2-6-10-17/h1-12H,13-15H2/b18-11+,19-12+. The van der Waals surface area contributed by atoms with Crippen LogP contribution in [-0.4, -0.2) is 5.78 Å². The zero-order valence-corrected chi connectivity index (χ0v) is 12.0. The van der Waals surface area contributed by atoms with Crippen molar-refractivity contribution in [2.24, 2.45) is 0 Å². The predicted octanol–water partition coefficient (Wildman–Crippen LogP) is 4.91. The molecule has 1 nitrogen and oxygen atoms in total. The topological polar surface area (TPSA) is 17.1 Å². The third-order valence-electron chi connectivity index (χ3n) is 3.64. The fraction of sp³-hybridized carbons (Fsp3) is 0.150. The third kappa shape index (κ3) is 3.79. The van der Waals surface area contributed by atoms with E-state index >= 15 is 0 Å². The van der Waals surface area contributed by atoms with Crippen LogP contribution in [0.5, 0.6) is 0 Å². The van der Waals surface area contributed by atoms with Gasteiger partial charge in [-0.2, -0.15) is 0 Å². The lowest BCUT2D eigenvalue weighted by Crippen LogP contribution is -2.09. The molecule has 0 heterocycles. The van der Waals surface area contributed by atoms with Crippen molar-refractivity contribution >= 4 is 17.9 Å². The lowest BCUT2D eigenvalue weighted by atomic mass is 9.87. The minimum atomic E-state index is 0.311. The van der Waals surface area contributed by atoms with Crippen LogP contribution in [0.15, 0.2) is 71.8 Å². The highest BCUT2D eigenvalue weighted by Gasteiger charge is 2.17. The number of Topliss-reactive ketones (excluding diaryl/α,β-unsaturated/α-hetero) is 1. The normalized spacial score (nSPS) is 19.1. The lowest BCUT2D eigenvalue weighted by Gasteiger charge is -2.17. The summed E-state index contributed by atoms with van der Waals surface area (Å²) in [5.74, 6) is 0.311. The van der Waals surface area contributed by atoms with Gasteiger partial charge in [0.25, 0.3) is 0 Å². The third-order valence-corrected chi connectivity index (χ3v) is 3.64. The molecule has 2 aromatic carbocycles. The first-order valence-electron chi connectivity index (χ1n) is 7.30. The van der Waals surface area contributed by atoms with E-state index in [0.29, 0.717) is 18.6 Å². The molecule has 0 saturated heterocycles. The van der Waals surface area contributed by atoms with Gasteiger partial charge in [0.05, 0.1) is 0 Å². The molecule has 0 bridgehead atoms. The summed E-state index contributed by atoms with van der Waals surface area (Å²) < 4.78 is 0. The number of allylic oxidation sites excluding steroid dienone is 2. The second-order valence-electron chi connectivity index (χ2n) is 5.50. The summed E-state index contributed by atoms with van der Waals surface area (Å²) in [5, 5.41) is 0. The van der Waals surface area contributed by atoms with Crippen LogP contribution in [0.4, 0.5) is 0 Å². The van der Waals surface area contributed by atoms with Crippen LogP contribution in [-0.2, 0) is 4.79 Å². The summed E-state index contributed by atoms with van der Waals surface area (Å²) in [5.41, 5.74) is 4.75. The molecule has 1 aliphatic carbocycles. The van der Waals surface area contributed by atoms with Crippen molar-refractivity contribution in [1.82, 2.24) is 0 Å². The SMILES string of the molecule is O=C1C/C(=C/c2ccccc2)C/C(=C\c2ccccc2)C1. The lowest BCUT2D eigenvalue weighted by molar-refractivity contribution is -0.118. The minimum Gasteiger partial charge on any atom is -0.299 e. The van der Waals surface area contributed by atoms with Crippen LogP contribution in [0.25, 0.3) is 12.2 Å². The van der Waals surface area contributed by atoms with Gasteiger partial charge in [-0.3, -0.25) is 4.79 Å². The van der Waals surface area contributed by atoms with Crippen LogP contribution in [0, 0.1) is 0 Å². The number of carbonyl (C=O) groups is 1. The molecule has 0 N–H and O–H groups in total. The average molecular weight is 274 g/mol. The Balaban J connectivity index is 1.84. The van der Waals surface area contributed by atoms with Gasteiger partial charge in [-0.1, -0.05) is 84.0 Å². The van der Waals surface area contributed by atoms with Gasteiger partial charge >= 0.3 is 0 Å². The van der Waals surface area contributed by atoms with Gasteiger partial charge in [0, 0.05) is 12.8 Å². The van der Waals surface area contributed by atoms with Crippen molar-refractivity contribution in [3.8, 4) is 0 Å². The van der Waals surface area contributed by atoms with E-state index in [-0.39, 0.29) is 0 Å². The Hall–Kier alpha value is -2.41. The molecule has 3 rings (SSSR count). The number of ketones is 1. The molecule has 1 heteroatoms. The van der Waals surface area contributed by atoms with Crippen LogP contribution in [0.1, 0.15) is 30.4 Å². The largest absolute Gasteiger partial charge is 0.299 e. The molecule has 0 atom stereocenters. The molecule has 0 amide bonds. The van der Waals surface area contributed by atoms with E-state index in [2.05, 4.69) is 36.4 Å². The summed E-state index contributed by atoms with van der Waals surface area (Å²) in [6.07, 6.45) is 6.36. The van der Waals surface area contributed by atoms with E-state index in [1.54, 1.807) is 0 Å². The Bertz CT molecular complexity index is 619. The summed E-state index contributed by atoms with van der Waals surface area (Å²) in [4.78, 5) is 12.0. The van der Waals surface area contributed by atoms with Crippen LogP contribution in [0.3, 0.4) is 0 Å². The maximum absolute atomic E-state index is 12.0. The number of carbonyl (C=O) groups excluding carboxylic acids is 1. The molecule has 0 aromatic heterocycles. The quantitative estimate of drug-likeness (QED) is 0.760. The van der Waals surface area contributed by atoms with Crippen molar-refractivity contribution in [2.75, 3.05) is 0 Å². The van der Waals surface area contributed by atoms with Crippen molar-refractivity contribution in [3.63, 3.8) is 0 Å². The van der Waals surface area contributed by atoms with E-state index in [1.807, 2.05) is 36.4 Å². The Labute approximate surface area is 125 Å². The molecule has 1 fully saturated rings. The number of hydrogen-bond acceptors (Lipinski definition) is 1. The molecular weight excluding hydrogens is 256 g/mol. The molecule has 2 aromatic rings. The second kappa shape index (κ2) is 6.36. The maximum atomic E-state index is 12.0. The van der Waals surface area contributed by atoms with Crippen LogP contribution >= 0.6 is 0 Å². The minimum absolute atomic E-state index is 0.311. The predicted molar refractivity (Wildman–Crippen MR) is 87.7 cm³/mol. The fourth-order valence-corrected chi connectivity index (χ4v) is 2.76. The summed E-state index contributed by atoms with van der Waals surface area (Å²) in [6.45, 7) is 0. The summed E-state index contributed by atoms with van der Waals surface area (Å²) >= 11 is 0. The highest BCUT2D eigenvalue weighted by Crippen LogP contribution is 2.28. The van der Waals surface area contributed by atoms with Crippen molar-refractivity contribution in [1.29, 1.82) is 0 Å². The molecule has 0 unspecified atom stereocenters. The fourth-order valence-electron chi connectivity index (χ4n) is 2.76. The maximum Gasteiger partial charge on any atom is 0.140 e. The van der Waals surface area contributed by atoms with Gasteiger partial charge < -0.3 is 0 Å². The summed E-state index contributed by atoms with van der Waals surface area (Å²) in [6, 6.07) is 20.4. The highest BCUT2D eigenvalue weighted by molar-refractivity contribution is 5.88. The number of hydrogen-bond donors (Lipinski definition) is 0. The molecule has 0 aliphatic heterocycles. The molecule has 0 spiro atoms. The number of benzene rings is 2. The average Bonchev–Trinajstić information content (AvgIpc) is 2.48. The van der Waals surface area contributed by atoms with Gasteiger partial charge in [-0.25, -0.2) is 0 Å². The highest BCUT2D eigenvalue weighted by atomic mass is 16.1. The van der Waals surface area contributed by atoms with Gasteiger partial charge in [0.2, 0.25) is 0 Å². The summed E-state index contributed by atoms with van der Waals surface area (Å²) in [7, 11) is 0. The smallest absolute Gasteiger partial charge is 0.140 e. The first-order chi connectivity index (χ1) is 10.3. The zero-order chi connectivity index (χ0) is 14.5. The van der Waals surface area contributed by atoms with Crippen LogP contribution in [0.2, 0.25) is 0 Å². The Morgan fingerprint density at radius 2 is 1.05 bits per heavy atom. The van der Waals surface area contributed by atoms with Gasteiger partial charge in [-0.05, 0) is 17.5 Å². The number of rotatable bonds is 2. The first kappa shape index (κ1) is 13.6. The Morgan fingerprint density at radius 3 is 1.48 bits per heavy atom. The Kier molecular flexibility index (Phi) is 4.11. The van der Waals surface area contributed by atoms with E-state index in [1.165, 1.54) is 22.3 Å². The molecule has 0 radical (unpaired) electrons. The second-order valence-corrected chi connectivity index (χ2v) is 5.50. The molecule has 104 valence electrons. The first-order valence-corrected chi connectivity index (χ1v) is 7.30. The van der Waals surface area contributed by atoms with Crippen molar-refractivity contribution in [2.45, 2.75) is 19.3 Å². The van der Waals surface area contributed by atoms with E-state index < -0.39 is 0 Å². The molecule has 21 heavy (non-hydrogen) atoms.